The second-order valence-corrected chi connectivity index (χ2v) is 13.4. The Balaban J connectivity index is 2.15. The molecule has 1 aliphatic rings. The maximum Gasteiger partial charge on any atom is 0.342 e. The second kappa shape index (κ2) is 7.39. The summed E-state index contributed by atoms with van der Waals surface area (Å²) in [6, 6.07) is 1.07. The zero-order valence-electron chi connectivity index (χ0n) is 14.2. The topological polar surface area (TPSA) is 54.0 Å². The number of cyclic esters (lactones) is 1. The van der Waals surface area contributed by atoms with Gasteiger partial charge < -0.3 is 18.9 Å². The summed E-state index contributed by atoms with van der Waals surface area (Å²) in [5, 5.41) is 0. The molecule has 0 amide bonds. The van der Waals surface area contributed by atoms with Crippen LogP contribution in [0.2, 0.25) is 25.7 Å². The maximum atomic E-state index is 12.0. The number of rotatable bonds is 7. The lowest BCUT2D eigenvalue weighted by Crippen LogP contribution is -2.22. The highest BCUT2D eigenvalue weighted by atomic mass is 127. The lowest BCUT2D eigenvalue weighted by atomic mass is 10.0. The number of carbonyl (C=O) groups excluding carboxylic acids is 1. The van der Waals surface area contributed by atoms with Crippen LogP contribution in [-0.4, -0.2) is 34.6 Å². The Morgan fingerprint density at radius 1 is 1.26 bits per heavy atom. The zero-order valence-corrected chi connectivity index (χ0v) is 17.4. The monoisotopic (exact) mass is 450 g/mol. The fourth-order valence-corrected chi connectivity index (χ4v) is 4.17. The minimum atomic E-state index is -1.12. The molecule has 0 aliphatic carbocycles. The standard InChI is InChI=1S/C16H23IO5Si/c1-10-11-8-21-16(18)12(11)15(13(17)14(10)19-2)22-9-20-6-7-23(3,4)5/h6-9H2,1-5H3. The van der Waals surface area contributed by atoms with Crippen LogP contribution < -0.4 is 9.47 Å². The SMILES string of the molecule is COc1c(C)c2c(c(OCOCC[Si](C)(C)C)c1I)C(=O)OC2. The summed E-state index contributed by atoms with van der Waals surface area (Å²) >= 11 is 2.14. The van der Waals surface area contributed by atoms with Gasteiger partial charge in [0.05, 0.1) is 10.7 Å². The minimum absolute atomic E-state index is 0.117. The average molecular weight is 450 g/mol. The van der Waals surface area contributed by atoms with E-state index in [1.54, 1.807) is 7.11 Å². The Morgan fingerprint density at radius 3 is 2.57 bits per heavy atom. The van der Waals surface area contributed by atoms with Crippen molar-refractivity contribution >= 4 is 36.6 Å². The molecule has 0 saturated carbocycles. The van der Waals surface area contributed by atoms with Crippen molar-refractivity contribution in [1.29, 1.82) is 0 Å². The van der Waals surface area contributed by atoms with E-state index in [0.29, 0.717) is 17.9 Å². The number of fused-ring (bicyclic) bond motifs is 1. The number of methoxy groups -OCH3 is 1. The second-order valence-electron chi connectivity index (χ2n) is 6.71. The van der Waals surface area contributed by atoms with Gasteiger partial charge in [-0.05, 0) is 41.1 Å². The van der Waals surface area contributed by atoms with Crippen LogP contribution in [0.1, 0.15) is 21.5 Å². The maximum absolute atomic E-state index is 12.0. The fraction of sp³-hybridized carbons (Fsp3) is 0.562. The largest absolute Gasteiger partial charge is 0.495 e. The Morgan fingerprint density at radius 2 is 1.96 bits per heavy atom. The van der Waals surface area contributed by atoms with Gasteiger partial charge >= 0.3 is 5.97 Å². The molecule has 2 rings (SSSR count). The average Bonchev–Trinajstić information content (AvgIpc) is 2.83. The van der Waals surface area contributed by atoms with Gasteiger partial charge in [-0.25, -0.2) is 4.79 Å². The Bertz CT molecular complexity index is 610. The van der Waals surface area contributed by atoms with E-state index < -0.39 is 8.07 Å². The molecule has 1 aromatic rings. The summed E-state index contributed by atoms with van der Waals surface area (Å²) < 4.78 is 22.7. The van der Waals surface area contributed by atoms with Crippen LogP contribution in [-0.2, 0) is 16.1 Å². The molecular weight excluding hydrogens is 427 g/mol. The molecule has 128 valence electrons. The van der Waals surface area contributed by atoms with Gasteiger partial charge in [-0.1, -0.05) is 19.6 Å². The number of esters is 1. The van der Waals surface area contributed by atoms with Gasteiger partial charge in [0, 0.05) is 20.2 Å². The summed E-state index contributed by atoms with van der Waals surface area (Å²) in [7, 11) is 0.490. The summed E-state index contributed by atoms with van der Waals surface area (Å²) in [4.78, 5) is 12.0. The fourth-order valence-electron chi connectivity index (χ4n) is 2.36. The Hall–Kier alpha value is -0.803. The molecule has 0 unspecified atom stereocenters. The van der Waals surface area contributed by atoms with Crippen LogP contribution in [0.3, 0.4) is 0 Å². The molecule has 0 spiro atoms. The van der Waals surface area contributed by atoms with Gasteiger partial charge in [0.15, 0.2) is 12.5 Å². The summed E-state index contributed by atoms with van der Waals surface area (Å²) in [6.45, 7) is 9.88. The third-order valence-electron chi connectivity index (χ3n) is 3.76. The van der Waals surface area contributed by atoms with Gasteiger partial charge in [-0.15, -0.1) is 0 Å². The van der Waals surface area contributed by atoms with E-state index in [4.69, 9.17) is 18.9 Å². The summed E-state index contributed by atoms with van der Waals surface area (Å²) in [6.07, 6.45) is 0. The third-order valence-corrected chi connectivity index (χ3v) is 6.44. The molecule has 1 aliphatic heterocycles. The molecule has 1 heterocycles. The number of ether oxygens (including phenoxy) is 4. The lowest BCUT2D eigenvalue weighted by Gasteiger charge is -2.18. The number of hydrogen-bond acceptors (Lipinski definition) is 5. The summed E-state index contributed by atoms with van der Waals surface area (Å²) in [5.41, 5.74) is 2.26. The van der Waals surface area contributed by atoms with Crippen molar-refractivity contribution in [2.24, 2.45) is 0 Å². The van der Waals surface area contributed by atoms with Crippen LogP contribution in [0.4, 0.5) is 0 Å². The van der Waals surface area contributed by atoms with Gasteiger partial charge in [0.1, 0.15) is 17.9 Å². The molecule has 0 aromatic heterocycles. The Kier molecular flexibility index (Phi) is 5.96. The van der Waals surface area contributed by atoms with E-state index in [1.165, 1.54) is 0 Å². The van der Waals surface area contributed by atoms with Crippen LogP contribution in [0.15, 0.2) is 0 Å². The van der Waals surface area contributed by atoms with E-state index in [2.05, 4.69) is 42.2 Å². The van der Waals surface area contributed by atoms with Crippen molar-refractivity contribution in [3.63, 3.8) is 0 Å². The van der Waals surface area contributed by atoms with Crippen LogP contribution >= 0.6 is 22.6 Å². The van der Waals surface area contributed by atoms with Gasteiger partial charge in [-0.2, -0.15) is 0 Å². The number of hydrogen-bond donors (Lipinski definition) is 0. The van der Waals surface area contributed by atoms with Crippen LogP contribution in [0, 0.1) is 10.5 Å². The van der Waals surface area contributed by atoms with Crippen molar-refractivity contribution in [1.82, 2.24) is 0 Å². The molecule has 0 saturated heterocycles. The highest BCUT2D eigenvalue weighted by Gasteiger charge is 2.32. The minimum Gasteiger partial charge on any atom is -0.495 e. The van der Waals surface area contributed by atoms with Crippen LogP contribution in [0.5, 0.6) is 11.5 Å². The molecular formula is C16H23IO5Si. The number of benzene rings is 1. The van der Waals surface area contributed by atoms with E-state index in [-0.39, 0.29) is 19.4 Å². The van der Waals surface area contributed by atoms with E-state index in [0.717, 1.165) is 26.5 Å². The van der Waals surface area contributed by atoms with Crippen molar-refractivity contribution in [2.75, 3.05) is 20.5 Å². The zero-order chi connectivity index (χ0) is 17.2. The molecule has 0 atom stereocenters. The predicted octanol–water partition coefficient (Wildman–Crippen LogP) is 3.97. The summed E-state index contributed by atoms with van der Waals surface area (Å²) in [5.74, 6) is 0.874. The molecule has 7 heteroatoms. The first-order valence-corrected chi connectivity index (χ1v) is 12.3. The normalized spacial score (nSPS) is 13.7. The smallest absolute Gasteiger partial charge is 0.342 e. The third kappa shape index (κ3) is 4.19. The molecule has 23 heavy (non-hydrogen) atoms. The van der Waals surface area contributed by atoms with Gasteiger partial charge in [0.25, 0.3) is 0 Å². The highest BCUT2D eigenvalue weighted by Crippen LogP contribution is 2.42. The Labute approximate surface area is 151 Å². The first kappa shape index (κ1) is 18.5. The highest BCUT2D eigenvalue weighted by molar-refractivity contribution is 14.1. The quantitative estimate of drug-likeness (QED) is 0.207. The van der Waals surface area contributed by atoms with E-state index >= 15 is 0 Å². The first-order valence-electron chi connectivity index (χ1n) is 7.53. The van der Waals surface area contributed by atoms with E-state index in [1.807, 2.05) is 6.92 Å². The molecule has 0 fully saturated rings. The number of carbonyl (C=O) groups is 1. The van der Waals surface area contributed by atoms with Crippen molar-refractivity contribution in [2.45, 2.75) is 39.2 Å². The lowest BCUT2D eigenvalue weighted by molar-refractivity contribution is 0.0204. The number of halogens is 1. The van der Waals surface area contributed by atoms with Crippen molar-refractivity contribution < 1.29 is 23.7 Å². The molecule has 0 N–H and O–H groups in total. The first-order chi connectivity index (χ1) is 10.8. The van der Waals surface area contributed by atoms with Gasteiger partial charge in [0.2, 0.25) is 0 Å². The molecule has 1 aromatic carbocycles. The van der Waals surface area contributed by atoms with Crippen LogP contribution in [0.25, 0.3) is 0 Å². The molecule has 5 nitrogen and oxygen atoms in total. The van der Waals surface area contributed by atoms with Crippen molar-refractivity contribution in [3.8, 4) is 11.5 Å². The van der Waals surface area contributed by atoms with Gasteiger partial charge in [-0.3, -0.25) is 0 Å². The predicted molar refractivity (Wildman–Crippen MR) is 99.2 cm³/mol. The molecule has 0 radical (unpaired) electrons. The molecule has 0 bridgehead atoms. The van der Waals surface area contributed by atoms with E-state index in [9.17, 15) is 4.79 Å². The van der Waals surface area contributed by atoms with Crippen molar-refractivity contribution in [3.05, 3.63) is 20.3 Å².